The van der Waals surface area contributed by atoms with Gasteiger partial charge in [-0.1, -0.05) is 0 Å². The van der Waals surface area contributed by atoms with Crippen molar-refractivity contribution in [1.29, 1.82) is 0 Å². The van der Waals surface area contributed by atoms with Crippen molar-refractivity contribution >= 4 is 34.3 Å². The average molecular weight is 399 g/mol. The van der Waals surface area contributed by atoms with Gasteiger partial charge in [-0.15, -0.1) is 22.7 Å². The van der Waals surface area contributed by atoms with Gasteiger partial charge in [0.05, 0.1) is 11.4 Å². The zero-order chi connectivity index (χ0) is 18.8. The van der Waals surface area contributed by atoms with Crippen LogP contribution in [0.3, 0.4) is 0 Å². The van der Waals surface area contributed by atoms with Crippen molar-refractivity contribution in [2.24, 2.45) is 5.73 Å². The van der Waals surface area contributed by atoms with Gasteiger partial charge in [-0.05, 0) is 24.3 Å². The highest BCUT2D eigenvalue weighted by Gasteiger charge is 2.16. The maximum atomic E-state index is 13.8. The number of benzene rings is 1. The maximum absolute atomic E-state index is 13.8. The first kappa shape index (κ1) is 17.5. The van der Waals surface area contributed by atoms with Crippen molar-refractivity contribution in [3.63, 3.8) is 0 Å². The Morgan fingerprint density at radius 3 is 2.85 bits per heavy atom. The molecule has 0 radical (unpaired) electrons. The van der Waals surface area contributed by atoms with Gasteiger partial charge in [-0.25, -0.2) is 14.4 Å². The molecule has 4 aromatic rings. The SMILES string of the molecule is NCc1nc(-c2cc(F)ccc2NC(=O)c2csc(-c3cc[nH]c3)n2)cs1. The van der Waals surface area contributed by atoms with Crippen molar-refractivity contribution in [3.05, 3.63) is 63.9 Å². The second-order valence-electron chi connectivity index (χ2n) is 5.61. The Hall–Kier alpha value is -2.88. The lowest BCUT2D eigenvalue weighted by molar-refractivity contribution is 0.102. The minimum atomic E-state index is -0.409. The average Bonchev–Trinajstić information content (AvgIpc) is 3.42. The summed E-state index contributed by atoms with van der Waals surface area (Å²) in [5.74, 6) is -0.774. The Labute approximate surface area is 161 Å². The third-order valence-electron chi connectivity index (χ3n) is 3.81. The number of nitrogens with one attached hydrogen (secondary N) is 2. The molecule has 136 valence electrons. The Balaban J connectivity index is 1.61. The molecule has 0 saturated carbocycles. The summed E-state index contributed by atoms with van der Waals surface area (Å²) in [4.78, 5) is 24.3. The van der Waals surface area contributed by atoms with Crippen molar-refractivity contribution in [2.45, 2.75) is 6.54 Å². The van der Waals surface area contributed by atoms with E-state index in [0.29, 0.717) is 29.2 Å². The van der Waals surface area contributed by atoms with Gasteiger partial charge in [0, 0.05) is 40.8 Å². The third kappa shape index (κ3) is 3.65. The van der Waals surface area contributed by atoms with Gasteiger partial charge in [0.25, 0.3) is 5.91 Å². The molecule has 6 nitrogen and oxygen atoms in total. The van der Waals surface area contributed by atoms with Crippen LogP contribution < -0.4 is 11.1 Å². The van der Waals surface area contributed by atoms with Crippen LogP contribution in [-0.4, -0.2) is 20.9 Å². The molecule has 9 heteroatoms. The maximum Gasteiger partial charge on any atom is 0.275 e. The number of carbonyl (C=O) groups excluding carboxylic acids is 1. The highest BCUT2D eigenvalue weighted by atomic mass is 32.1. The number of halogens is 1. The van der Waals surface area contributed by atoms with Gasteiger partial charge < -0.3 is 16.0 Å². The van der Waals surface area contributed by atoms with E-state index in [0.717, 1.165) is 15.6 Å². The highest BCUT2D eigenvalue weighted by molar-refractivity contribution is 7.13. The molecule has 0 aliphatic heterocycles. The largest absolute Gasteiger partial charge is 0.367 e. The molecule has 27 heavy (non-hydrogen) atoms. The summed E-state index contributed by atoms with van der Waals surface area (Å²) in [6.45, 7) is 0.308. The number of anilines is 1. The third-order valence-corrected chi connectivity index (χ3v) is 5.58. The lowest BCUT2D eigenvalue weighted by atomic mass is 10.1. The van der Waals surface area contributed by atoms with Crippen LogP contribution >= 0.6 is 22.7 Å². The molecule has 1 amide bonds. The molecule has 1 aromatic carbocycles. The fourth-order valence-electron chi connectivity index (χ4n) is 2.52. The number of rotatable bonds is 5. The molecule has 4 rings (SSSR count). The first-order chi connectivity index (χ1) is 13.1. The lowest BCUT2D eigenvalue weighted by Gasteiger charge is -2.09. The predicted octanol–water partition coefficient (Wildman–Crippen LogP) is 4.11. The van der Waals surface area contributed by atoms with Gasteiger partial charge in [-0.2, -0.15) is 0 Å². The number of aromatic amines is 1. The van der Waals surface area contributed by atoms with Crippen LogP contribution in [0.15, 0.2) is 47.4 Å². The van der Waals surface area contributed by atoms with E-state index in [2.05, 4.69) is 20.3 Å². The Bertz CT molecular complexity index is 1090. The normalized spacial score (nSPS) is 10.9. The smallest absolute Gasteiger partial charge is 0.275 e. The van der Waals surface area contributed by atoms with Gasteiger partial charge >= 0.3 is 0 Å². The van der Waals surface area contributed by atoms with Crippen LogP contribution in [-0.2, 0) is 6.54 Å². The summed E-state index contributed by atoms with van der Waals surface area (Å²) < 4.78 is 13.8. The quantitative estimate of drug-likeness (QED) is 0.470. The Morgan fingerprint density at radius 2 is 2.11 bits per heavy atom. The first-order valence-electron chi connectivity index (χ1n) is 7.98. The second-order valence-corrected chi connectivity index (χ2v) is 7.41. The Morgan fingerprint density at radius 1 is 1.22 bits per heavy atom. The summed E-state index contributed by atoms with van der Waals surface area (Å²) in [7, 11) is 0. The van der Waals surface area contributed by atoms with E-state index in [1.165, 1.54) is 40.9 Å². The summed E-state index contributed by atoms with van der Waals surface area (Å²) >= 11 is 2.77. The summed E-state index contributed by atoms with van der Waals surface area (Å²) in [6.07, 6.45) is 3.61. The highest BCUT2D eigenvalue weighted by Crippen LogP contribution is 2.31. The number of thiazole rings is 2. The standard InChI is InChI=1S/C18H14FN5OS2/c19-11-1-2-13(12(5-11)14-8-26-16(6-20)22-14)23-17(25)15-9-27-18(24-15)10-3-4-21-7-10/h1-5,7-9,21H,6,20H2,(H,23,25). The van der Waals surface area contributed by atoms with E-state index in [1.54, 1.807) is 17.0 Å². The minimum Gasteiger partial charge on any atom is -0.367 e. The molecule has 0 aliphatic carbocycles. The van der Waals surface area contributed by atoms with E-state index < -0.39 is 5.82 Å². The molecule has 0 aliphatic rings. The van der Waals surface area contributed by atoms with Crippen molar-refractivity contribution in [2.75, 3.05) is 5.32 Å². The van der Waals surface area contributed by atoms with Gasteiger partial charge in [0.1, 0.15) is 21.5 Å². The molecule has 0 saturated heterocycles. The molecule has 0 atom stereocenters. The summed E-state index contributed by atoms with van der Waals surface area (Å²) in [6, 6.07) is 6.04. The number of H-pyrrole nitrogens is 1. The van der Waals surface area contributed by atoms with Crippen LogP contribution in [0.2, 0.25) is 0 Å². The number of nitrogens with zero attached hydrogens (tertiary/aromatic N) is 2. The molecule has 3 heterocycles. The molecule has 0 unspecified atom stereocenters. The topological polar surface area (TPSA) is 96.7 Å². The monoisotopic (exact) mass is 399 g/mol. The molecule has 0 fully saturated rings. The summed E-state index contributed by atoms with van der Waals surface area (Å²) in [5, 5.41) is 7.77. The fourth-order valence-corrected chi connectivity index (χ4v) is 3.99. The van der Waals surface area contributed by atoms with Crippen LogP contribution in [0.25, 0.3) is 21.8 Å². The van der Waals surface area contributed by atoms with Crippen LogP contribution in [0.4, 0.5) is 10.1 Å². The summed E-state index contributed by atoms with van der Waals surface area (Å²) in [5.41, 5.74) is 8.35. The number of hydrogen-bond acceptors (Lipinski definition) is 6. The predicted molar refractivity (Wildman–Crippen MR) is 105 cm³/mol. The van der Waals surface area contributed by atoms with Gasteiger partial charge in [-0.3, -0.25) is 4.79 Å². The number of aromatic nitrogens is 3. The van der Waals surface area contributed by atoms with Crippen LogP contribution in [0.5, 0.6) is 0 Å². The van der Waals surface area contributed by atoms with Gasteiger partial charge in [0.15, 0.2) is 0 Å². The van der Waals surface area contributed by atoms with Crippen molar-refractivity contribution in [1.82, 2.24) is 15.0 Å². The van der Waals surface area contributed by atoms with Crippen molar-refractivity contribution < 1.29 is 9.18 Å². The van der Waals surface area contributed by atoms with E-state index in [9.17, 15) is 9.18 Å². The molecular formula is C18H14FN5OS2. The number of carbonyl (C=O) groups is 1. The van der Waals surface area contributed by atoms with E-state index in [1.807, 2.05) is 12.3 Å². The van der Waals surface area contributed by atoms with Crippen LogP contribution in [0, 0.1) is 5.82 Å². The van der Waals surface area contributed by atoms with Gasteiger partial charge in [0.2, 0.25) is 0 Å². The second kappa shape index (κ2) is 7.39. The molecule has 4 N–H and O–H groups in total. The zero-order valence-corrected chi connectivity index (χ0v) is 15.5. The molecular weight excluding hydrogens is 385 g/mol. The molecule has 3 aromatic heterocycles. The number of amides is 1. The number of nitrogens with two attached hydrogens (primary N) is 1. The van der Waals surface area contributed by atoms with E-state index >= 15 is 0 Å². The first-order valence-corrected chi connectivity index (χ1v) is 9.74. The van der Waals surface area contributed by atoms with E-state index in [4.69, 9.17) is 5.73 Å². The molecule has 0 bridgehead atoms. The van der Waals surface area contributed by atoms with Crippen molar-refractivity contribution in [3.8, 4) is 21.8 Å². The Kier molecular flexibility index (Phi) is 4.80. The lowest BCUT2D eigenvalue weighted by Crippen LogP contribution is -2.13. The molecule has 0 spiro atoms. The number of hydrogen-bond donors (Lipinski definition) is 3. The van der Waals surface area contributed by atoms with E-state index in [-0.39, 0.29) is 5.91 Å². The zero-order valence-electron chi connectivity index (χ0n) is 13.9. The minimum absolute atomic E-state index is 0.299. The van der Waals surface area contributed by atoms with Crippen LogP contribution in [0.1, 0.15) is 15.5 Å². The fraction of sp³-hybridized carbons (Fsp3) is 0.0556.